The van der Waals surface area contributed by atoms with Crippen molar-refractivity contribution in [1.82, 2.24) is 0 Å². The molecule has 0 N–H and O–H groups in total. The fourth-order valence-electron chi connectivity index (χ4n) is 0.528. The van der Waals surface area contributed by atoms with E-state index in [0.29, 0.717) is 0 Å². The summed E-state index contributed by atoms with van der Waals surface area (Å²) >= 11 is 3.50. The Morgan fingerprint density at radius 3 is 2.00 bits per heavy atom. The van der Waals surface area contributed by atoms with Gasteiger partial charge in [0.25, 0.3) is 0 Å². The molecule has 0 heterocycles. The Morgan fingerprint density at radius 2 is 1.75 bits per heavy atom. The molecule has 0 aliphatic rings. The highest BCUT2D eigenvalue weighted by molar-refractivity contribution is 7.97. The summed E-state index contributed by atoms with van der Waals surface area (Å²) in [6.07, 6.45) is -0.0112. The number of carbonyl (C=O) groups excluding carboxylic acids is 1. The van der Waals surface area contributed by atoms with E-state index in [2.05, 4.69) is 12.6 Å². The Hall–Kier alpha value is -0.0300. The fraction of sp³-hybridized carbons (Fsp3) is 0.857. The molecule has 3 nitrogen and oxygen atoms in total. The van der Waals surface area contributed by atoms with Crippen LogP contribution in [0.2, 0.25) is 0 Å². The lowest BCUT2D eigenvalue weighted by Gasteiger charge is -2.18. The average Bonchev–Trinajstić information content (AvgIpc) is 1.81. The van der Waals surface area contributed by atoms with E-state index in [1.807, 2.05) is 0 Å². The summed E-state index contributed by atoms with van der Waals surface area (Å²) in [7, 11) is -3.16. The molecule has 0 amide bonds. The van der Waals surface area contributed by atoms with Crippen molar-refractivity contribution >= 4 is 27.6 Å². The number of sulfone groups is 1. The third-order valence-electron chi connectivity index (χ3n) is 1.52. The number of hydrogen-bond acceptors (Lipinski definition) is 3. The molecule has 0 saturated heterocycles. The molecule has 0 radical (unpaired) electrons. The molecule has 0 unspecified atom stereocenters. The van der Waals surface area contributed by atoms with Gasteiger partial charge in [-0.1, -0.05) is 0 Å². The van der Waals surface area contributed by atoms with Crippen LogP contribution in [0.5, 0.6) is 0 Å². The van der Waals surface area contributed by atoms with Gasteiger partial charge >= 0.3 is 0 Å². The molecule has 0 bridgehead atoms. The van der Waals surface area contributed by atoms with Gasteiger partial charge in [0.1, 0.15) is 0 Å². The number of hydrogen-bond donors (Lipinski definition) is 1. The Bertz CT molecular complexity index is 259. The molecule has 0 atom stereocenters. The van der Waals surface area contributed by atoms with E-state index < -0.39 is 14.6 Å². The molecule has 72 valence electrons. The van der Waals surface area contributed by atoms with Crippen LogP contribution in [0.25, 0.3) is 0 Å². The predicted octanol–water partition coefficient (Wildman–Crippen LogP) is 1.05. The van der Waals surface area contributed by atoms with Crippen molar-refractivity contribution in [2.45, 2.75) is 31.9 Å². The van der Waals surface area contributed by atoms with E-state index in [0.717, 1.165) is 0 Å². The molecule has 5 heteroatoms. The van der Waals surface area contributed by atoms with Gasteiger partial charge in [-0.3, -0.25) is 4.79 Å². The molecule has 0 rings (SSSR count). The van der Waals surface area contributed by atoms with E-state index in [1.54, 1.807) is 20.8 Å². The first-order valence-electron chi connectivity index (χ1n) is 3.61. The maximum Gasteiger partial charge on any atom is 0.186 e. The third kappa shape index (κ3) is 3.58. The van der Waals surface area contributed by atoms with Gasteiger partial charge in [0.05, 0.1) is 10.5 Å². The lowest BCUT2D eigenvalue weighted by molar-refractivity contribution is -0.110. The maximum absolute atomic E-state index is 11.4. The number of carbonyl (C=O) groups is 1. The zero-order valence-corrected chi connectivity index (χ0v) is 9.21. The Kier molecular flexibility index (Phi) is 3.78. The lowest BCUT2D eigenvalue weighted by atomic mass is 10.3. The second-order valence-electron chi connectivity index (χ2n) is 3.57. The third-order valence-corrected chi connectivity index (χ3v) is 4.35. The van der Waals surface area contributed by atoms with Gasteiger partial charge in [-0.25, -0.2) is 8.42 Å². The topological polar surface area (TPSA) is 51.2 Å². The Morgan fingerprint density at radius 1 is 1.33 bits per heavy atom. The second kappa shape index (κ2) is 3.79. The van der Waals surface area contributed by atoms with Gasteiger partial charge in [0, 0.05) is 6.42 Å². The Balaban J connectivity index is 4.37. The van der Waals surface area contributed by atoms with Crippen molar-refractivity contribution in [3.8, 4) is 0 Å². The molecular weight excluding hydrogens is 196 g/mol. The van der Waals surface area contributed by atoms with Crippen molar-refractivity contribution in [3.05, 3.63) is 0 Å². The lowest BCUT2D eigenvalue weighted by Crippen LogP contribution is -2.30. The zero-order valence-electron chi connectivity index (χ0n) is 7.49. The van der Waals surface area contributed by atoms with Crippen LogP contribution in [0.3, 0.4) is 0 Å². The number of thiol groups is 1. The molecule has 0 aromatic rings. The summed E-state index contributed by atoms with van der Waals surface area (Å²) in [6, 6.07) is 0. The molecule has 12 heavy (non-hydrogen) atoms. The van der Waals surface area contributed by atoms with Crippen LogP contribution < -0.4 is 0 Å². The average molecular weight is 210 g/mol. The van der Waals surface area contributed by atoms with Gasteiger partial charge < -0.3 is 0 Å². The van der Waals surface area contributed by atoms with Crippen molar-refractivity contribution in [3.63, 3.8) is 0 Å². The van der Waals surface area contributed by atoms with Crippen molar-refractivity contribution < 1.29 is 13.2 Å². The van der Waals surface area contributed by atoms with Crippen molar-refractivity contribution in [2.75, 3.05) is 5.75 Å². The Labute approximate surface area is 78.9 Å². The van der Waals surface area contributed by atoms with Gasteiger partial charge in [-0.05, 0) is 20.8 Å². The first kappa shape index (κ1) is 12.0. The molecular formula is C7H14O3S2. The van der Waals surface area contributed by atoms with E-state index in [4.69, 9.17) is 0 Å². The summed E-state index contributed by atoms with van der Waals surface area (Å²) < 4.78 is 22.0. The molecule has 0 saturated carbocycles. The second-order valence-corrected chi connectivity index (χ2v) is 6.94. The van der Waals surface area contributed by atoms with Crippen LogP contribution in [0.15, 0.2) is 0 Å². The van der Waals surface area contributed by atoms with Crippen LogP contribution >= 0.6 is 12.6 Å². The zero-order chi connectivity index (χ0) is 9.99. The molecule has 0 aliphatic carbocycles. The largest absolute Gasteiger partial charge is 0.287 e. The highest BCUT2D eigenvalue weighted by atomic mass is 32.2. The highest BCUT2D eigenvalue weighted by Gasteiger charge is 2.28. The summed E-state index contributed by atoms with van der Waals surface area (Å²) in [5, 5.41) is -0.386. The van der Waals surface area contributed by atoms with Crippen molar-refractivity contribution in [2.24, 2.45) is 0 Å². The maximum atomic E-state index is 11.4. The monoisotopic (exact) mass is 210 g/mol. The van der Waals surface area contributed by atoms with E-state index >= 15 is 0 Å². The quantitative estimate of drug-likeness (QED) is 0.708. The first-order chi connectivity index (χ1) is 5.17. The van der Waals surface area contributed by atoms with E-state index in [-0.39, 0.29) is 17.3 Å². The van der Waals surface area contributed by atoms with Crippen molar-refractivity contribution in [1.29, 1.82) is 0 Å². The fourth-order valence-corrected chi connectivity index (χ4v) is 1.86. The SMILES string of the molecule is CC(C)(C)S(=O)(=O)CCC(=O)S. The molecule has 0 fully saturated rings. The highest BCUT2D eigenvalue weighted by Crippen LogP contribution is 2.16. The van der Waals surface area contributed by atoms with Crippen LogP contribution in [0.1, 0.15) is 27.2 Å². The summed E-state index contributed by atoms with van der Waals surface area (Å²) in [6.45, 7) is 4.85. The van der Waals surface area contributed by atoms with Crippen LogP contribution in [-0.4, -0.2) is 24.0 Å². The summed E-state index contributed by atoms with van der Waals surface area (Å²) in [4.78, 5) is 10.4. The van der Waals surface area contributed by atoms with Crippen LogP contribution in [0, 0.1) is 0 Å². The number of rotatable bonds is 3. The minimum Gasteiger partial charge on any atom is -0.287 e. The van der Waals surface area contributed by atoms with Crippen LogP contribution in [0.4, 0.5) is 0 Å². The van der Waals surface area contributed by atoms with Gasteiger partial charge in [0.2, 0.25) is 0 Å². The van der Waals surface area contributed by atoms with E-state index in [9.17, 15) is 13.2 Å². The minimum atomic E-state index is -3.16. The summed E-state index contributed by atoms with van der Waals surface area (Å²) in [5.74, 6) is -0.112. The minimum absolute atomic E-state index is 0.0112. The molecule has 0 spiro atoms. The molecule has 0 aromatic carbocycles. The summed E-state index contributed by atoms with van der Waals surface area (Å²) in [5.41, 5.74) is 0. The van der Waals surface area contributed by atoms with E-state index in [1.165, 1.54) is 0 Å². The van der Waals surface area contributed by atoms with Gasteiger partial charge in [-0.15, -0.1) is 12.6 Å². The molecule has 0 aromatic heterocycles. The van der Waals surface area contributed by atoms with Crippen LogP contribution in [-0.2, 0) is 14.6 Å². The normalized spacial score (nSPS) is 13.0. The standard InChI is InChI=1S/C7H14O3S2/c1-7(2,3)12(9,10)5-4-6(8)11/h4-5H2,1-3H3,(H,8,11). The smallest absolute Gasteiger partial charge is 0.186 e. The first-order valence-corrected chi connectivity index (χ1v) is 5.71. The predicted molar refractivity (Wildman–Crippen MR) is 52.1 cm³/mol. The van der Waals surface area contributed by atoms with Gasteiger partial charge in [0.15, 0.2) is 15.0 Å². The van der Waals surface area contributed by atoms with Gasteiger partial charge in [-0.2, -0.15) is 0 Å². The molecule has 0 aliphatic heterocycles.